The van der Waals surface area contributed by atoms with Crippen LogP contribution in [0.3, 0.4) is 0 Å². The molecule has 20 heavy (non-hydrogen) atoms. The fourth-order valence-electron chi connectivity index (χ4n) is 2.39. The summed E-state index contributed by atoms with van der Waals surface area (Å²) in [6.07, 6.45) is 0.733. The number of likely N-dealkylation sites (N-methyl/N-ethyl adjacent to an activating group) is 1. The van der Waals surface area contributed by atoms with Crippen molar-refractivity contribution in [1.29, 1.82) is 0 Å². The van der Waals surface area contributed by atoms with E-state index in [2.05, 4.69) is 44.3 Å². The van der Waals surface area contributed by atoms with Crippen LogP contribution >= 0.6 is 0 Å². The fraction of sp³-hybridized carbons (Fsp3) is 0.647. The molecule has 0 heterocycles. The lowest BCUT2D eigenvalue weighted by Gasteiger charge is -2.28. The van der Waals surface area contributed by atoms with Crippen LogP contribution in [0.1, 0.15) is 37.5 Å². The van der Waals surface area contributed by atoms with Crippen molar-refractivity contribution < 1.29 is 9.47 Å². The topological polar surface area (TPSA) is 30.5 Å². The molecule has 0 saturated heterocycles. The summed E-state index contributed by atoms with van der Waals surface area (Å²) in [7, 11) is 0. The third-order valence-corrected chi connectivity index (χ3v) is 3.40. The molecule has 1 aromatic rings. The number of hydrogen-bond acceptors (Lipinski definition) is 3. The van der Waals surface area contributed by atoms with Gasteiger partial charge >= 0.3 is 0 Å². The van der Waals surface area contributed by atoms with Gasteiger partial charge in [-0.3, -0.25) is 0 Å². The van der Waals surface area contributed by atoms with E-state index in [1.807, 2.05) is 13.8 Å². The molecule has 1 unspecified atom stereocenters. The third-order valence-electron chi connectivity index (χ3n) is 3.40. The van der Waals surface area contributed by atoms with E-state index in [1.165, 1.54) is 16.7 Å². The van der Waals surface area contributed by atoms with Gasteiger partial charge in [0.2, 0.25) is 0 Å². The van der Waals surface area contributed by atoms with Crippen molar-refractivity contribution in [3.63, 3.8) is 0 Å². The smallest absolute Gasteiger partial charge is 0.172 e. The van der Waals surface area contributed by atoms with E-state index in [9.17, 15) is 0 Å². The lowest BCUT2D eigenvalue weighted by Crippen LogP contribution is -2.44. The van der Waals surface area contributed by atoms with Crippen molar-refractivity contribution in [1.82, 2.24) is 5.32 Å². The zero-order chi connectivity index (χ0) is 15.0. The first kappa shape index (κ1) is 17.2. The summed E-state index contributed by atoms with van der Waals surface area (Å²) in [5.41, 5.74) is 3.98. The number of rotatable bonds is 9. The van der Waals surface area contributed by atoms with Crippen molar-refractivity contribution in [3.8, 4) is 0 Å². The molecule has 0 spiro atoms. The Bertz CT molecular complexity index is 387. The minimum atomic E-state index is -0.190. The Morgan fingerprint density at radius 2 is 1.70 bits per heavy atom. The highest BCUT2D eigenvalue weighted by atomic mass is 16.7. The maximum atomic E-state index is 5.75. The summed E-state index contributed by atoms with van der Waals surface area (Å²) in [5.74, 6) is 0. The molecule has 0 aliphatic rings. The first-order chi connectivity index (χ1) is 9.62. The van der Waals surface area contributed by atoms with Crippen molar-refractivity contribution in [2.75, 3.05) is 19.8 Å². The van der Waals surface area contributed by atoms with Gasteiger partial charge in [-0.15, -0.1) is 0 Å². The van der Waals surface area contributed by atoms with Crippen LogP contribution in [-0.2, 0) is 15.9 Å². The molecule has 1 atom stereocenters. The van der Waals surface area contributed by atoms with E-state index >= 15 is 0 Å². The largest absolute Gasteiger partial charge is 0.351 e. The van der Waals surface area contributed by atoms with E-state index in [1.54, 1.807) is 0 Å². The second-order valence-corrected chi connectivity index (χ2v) is 5.08. The molecule has 1 aromatic carbocycles. The van der Waals surface area contributed by atoms with Crippen LogP contribution in [-0.4, -0.2) is 32.1 Å². The number of nitrogens with one attached hydrogen (secondary N) is 1. The van der Waals surface area contributed by atoms with E-state index < -0.39 is 0 Å². The minimum absolute atomic E-state index is 0.181. The number of hydrogen-bond donors (Lipinski definition) is 1. The molecule has 0 bridgehead atoms. The van der Waals surface area contributed by atoms with Crippen LogP contribution in [0, 0.1) is 13.8 Å². The Labute approximate surface area is 123 Å². The molecule has 3 heteroatoms. The lowest BCUT2D eigenvalue weighted by molar-refractivity contribution is -0.153. The Morgan fingerprint density at radius 1 is 1.05 bits per heavy atom. The van der Waals surface area contributed by atoms with Crippen LogP contribution in [0.25, 0.3) is 0 Å². The highest BCUT2D eigenvalue weighted by Crippen LogP contribution is 2.16. The highest BCUT2D eigenvalue weighted by Gasteiger charge is 2.22. The molecule has 0 aliphatic carbocycles. The zero-order valence-corrected chi connectivity index (χ0v) is 13.5. The first-order valence-electron chi connectivity index (χ1n) is 7.65. The van der Waals surface area contributed by atoms with Gasteiger partial charge in [-0.1, -0.05) is 30.7 Å². The fourth-order valence-corrected chi connectivity index (χ4v) is 2.39. The molecule has 1 rings (SSSR count). The molecule has 3 nitrogen and oxygen atoms in total. The Balaban J connectivity index is 2.86. The van der Waals surface area contributed by atoms with E-state index in [-0.39, 0.29) is 12.3 Å². The van der Waals surface area contributed by atoms with Crippen LogP contribution in [0.5, 0.6) is 0 Å². The second kappa shape index (κ2) is 9.11. The standard InChI is InChI=1S/C17H29NO2/c1-6-18-16(17(19-7-2)20-8-3)12-15-11-13(4)9-10-14(15)5/h9-11,16-18H,6-8,12H2,1-5H3. The van der Waals surface area contributed by atoms with Gasteiger partial charge in [0, 0.05) is 13.2 Å². The van der Waals surface area contributed by atoms with Gasteiger partial charge in [-0.2, -0.15) is 0 Å². The normalized spacial score (nSPS) is 12.9. The lowest BCUT2D eigenvalue weighted by atomic mass is 9.98. The maximum Gasteiger partial charge on any atom is 0.172 e. The number of aryl methyl sites for hydroxylation is 2. The predicted molar refractivity (Wildman–Crippen MR) is 84.1 cm³/mol. The number of benzene rings is 1. The van der Waals surface area contributed by atoms with E-state index in [4.69, 9.17) is 9.47 Å². The zero-order valence-electron chi connectivity index (χ0n) is 13.5. The average molecular weight is 279 g/mol. The quantitative estimate of drug-likeness (QED) is 0.704. The summed E-state index contributed by atoms with van der Waals surface area (Å²) in [6, 6.07) is 6.78. The van der Waals surface area contributed by atoms with Gasteiger partial charge in [-0.25, -0.2) is 0 Å². The molecule has 0 fully saturated rings. The third kappa shape index (κ3) is 5.23. The second-order valence-electron chi connectivity index (χ2n) is 5.08. The summed E-state index contributed by atoms with van der Waals surface area (Å²) in [5, 5.41) is 3.50. The van der Waals surface area contributed by atoms with Crippen molar-refractivity contribution in [2.45, 2.75) is 53.4 Å². The van der Waals surface area contributed by atoms with Crippen LogP contribution in [0.4, 0.5) is 0 Å². The van der Waals surface area contributed by atoms with E-state index in [0.717, 1.165) is 13.0 Å². The molecule has 0 radical (unpaired) electrons. The summed E-state index contributed by atoms with van der Waals surface area (Å²) >= 11 is 0. The highest BCUT2D eigenvalue weighted by molar-refractivity contribution is 5.31. The van der Waals surface area contributed by atoms with Gasteiger partial charge in [0.05, 0.1) is 6.04 Å². The molecule has 0 saturated carbocycles. The van der Waals surface area contributed by atoms with E-state index in [0.29, 0.717) is 13.2 Å². The van der Waals surface area contributed by atoms with Crippen molar-refractivity contribution in [2.24, 2.45) is 0 Å². The molecule has 1 N–H and O–H groups in total. The predicted octanol–water partition coefficient (Wildman–Crippen LogP) is 3.22. The number of ether oxygens (including phenoxy) is 2. The molecule has 0 amide bonds. The molecule has 0 aromatic heterocycles. The van der Waals surface area contributed by atoms with Gasteiger partial charge in [0.15, 0.2) is 6.29 Å². The summed E-state index contributed by atoms with van der Waals surface area (Å²) in [4.78, 5) is 0. The van der Waals surface area contributed by atoms with Gasteiger partial charge < -0.3 is 14.8 Å². The molecule has 0 aliphatic heterocycles. The average Bonchev–Trinajstić information content (AvgIpc) is 2.42. The first-order valence-corrected chi connectivity index (χ1v) is 7.65. The van der Waals surface area contributed by atoms with Crippen molar-refractivity contribution in [3.05, 3.63) is 34.9 Å². The van der Waals surface area contributed by atoms with Crippen molar-refractivity contribution >= 4 is 0 Å². The monoisotopic (exact) mass is 279 g/mol. The molecular formula is C17H29NO2. The van der Waals surface area contributed by atoms with Crippen LogP contribution in [0.15, 0.2) is 18.2 Å². The molecular weight excluding hydrogens is 250 g/mol. The van der Waals surface area contributed by atoms with Crippen LogP contribution < -0.4 is 5.32 Å². The summed E-state index contributed by atoms with van der Waals surface area (Å²) < 4.78 is 11.5. The maximum absolute atomic E-state index is 5.75. The molecule has 114 valence electrons. The van der Waals surface area contributed by atoms with Crippen LogP contribution in [0.2, 0.25) is 0 Å². The SMILES string of the molecule is CCNC(Cc1cc(C)ccc1C)C(OCC)OCC. The van der Waals surface area contributed by atoms with Gasteiger partial charge in [0.25, 0.3) is 0 Å². The Hall–Kier alpha value is -0.900. The Morgan fingerprint density at radius 3 is 2.25 bits per heavy atom. The van der Waals surface area contributed by atoms with Gasteiger partial charge in [-0.05, 0) is 51.8 Å². The minimum Gasteiger partial charge on any atom is -0.351 e. The Kier molecular flexibility index (Phi) is 7.82. The summed E-state index contributed by atoms with van der Waals surface area (Å²) in [6.45, 7) is 12.7. The van der Waals surface area contributed by atoms with Gasteiger partial charge in [0.1, 0.15) is 0 Å².